The molecule has 0 amide bonds. The summed E-state index contributed by atoms with van der Waals surface area (Å²) in [7, 11) is 0. The third-order valence-corrected chi connectivity index (χ3v) is 3.66. The molecule has 2 aromatic rings. The lowest BCUT2D eigenvalue weighted by Gasteiger charge is -2.09. The second-order valence-corrected chi connectivity index (χ2v) is 5.74. The van der Waals surface area contributed by atoms with E-state index < -0.39 is 5.97 Å². The summed E-state index contributed by atoms with van der Waals surface area (Å²) in [6.45, 7) is 4.44. The normalized spacial score (nSPS) is 10.4. The van der Waals surface area contributed by atoms with Crippen LogP contribution in [-0.2, 0) is 0 Å². The number of benzene rings is 1. The zero-order valence-electron chi connectivity index (χ0n) is 12.0. The third kappa shape index (κ3) is 4.49. The molecule has 0 fully saturated rings. The smallest absolute Gasteiger partial charge is 0.339 e. The Morgan fingerprint density at radius 2 is 2.05 bits per heavy atom. The number of para-hydroxylation sites is 1. The molecule has 0 aliphatic rings. The highest BCUT2D eigenvalue weighted by Gasteiger charge is 2.09. The van der Waals surface area contributed by atoms with E-state index in [0.29, 0.717) is 18.1 Å². The number of nitrogens with zero attached hydrogens (tertiary/aromatic N) is 1. The van der Waals surface area contributed by atoms with E-state index in [1.54, 1.807) is 30.0 Å². The van der Waals surface area contributed by atoms with Gasteiger partial charge in [-0.3, -0.25) is 0 Å². The van der Waals surface area contributed by atoms with Crippen LogP contribution in [0.15, 0.2) is 41.4 Å². The lowest BCUT2D eigenvalue weighted by molar-refractivity contribution is 0.0692. The van der Waals surface area contributed by atoms with Crippen LogP contribution in [0.4, 0.5) is 0 Å². The lowest BCUT2D eigenvalue weighted by Crippen LogP contribution is -2.06. The number of carbonyl (C=O) groups is 1. The summed E-state index contributed by atoms with van der Waals surface area (Å²) in [5, 5.41) is 10.0. The highest BCUT2D eigenvalue weighted by Crippen LogP contribution is 2.20. The molecule has 0 bridgehead atoms. The molecule has 0 spiro atoms. The van der Waals surface area contributed by atoms with Gasteiger partial charge in [0.1, 0.15) is 11.3 Å². The summed E-state index contributed by atoms with van der Waals surface area (Å²) in [4.78, 5) is 15.5. The third-order valence-electron chi connectivity index (χ3n) is 2.78. The zero-order valence-corrected chi connectivity index (χ0v) is 12.8. The molecule has 0 radical (unpaired) electrons. The van der Waals surface area contributed by atoms with Gasteiger partial charge >= 0.3 is 5.97 Å². The van der Waals surface area contributed by atoms with Crippen LogP contribution < -0.4 is 4.74 Å². The Balaban J connectivity index is 1.89. The number of hydrogen-bond donors (Lipinski definition) is 1. The standard InChI is InChI=1S/C16H17NO3S/c1-11-9-12(2)17-15(10-11)21-8-7-20-14-6-4-3-5-13(14)16(18)19/h3-6,9-10H,7-8H2,1-2H3,(H,18,19). The number of hydrogen-bond acceptors (Lipinski definition) is 4. The van der Waals surface area contributed by atoms with Crippen molar-refractivity contribution in [1.82, 2.24) is 4.98 Å². The number of ether oxygens (including phenoxy) is 1. The largest absolute Gasteiger partial charge is 0.492 e. The van der Waals surface area contributed by atoms with Gasteiger partial charge in [0.15, 0.2) is 0 Å². The molecule has 0 atom stereocenters. The molecule has 4 nitrogen and oxygen atoms in total. The van der Waals surface area contributed by atoms with Gasteiger partial charge in [-0.05, 0) is 43.7 Å². The summed E-state index contributed by atoms with van der Waals surface area (Å²) < 4.78 is 5.55. The maximum absolute atomic E-state index is 11.1. The Labute approximate surface area is 128 Å². The highest BCUT2D eigenvalue weighted by molar-refractivity contribution is 7.99. The quantitative estimate of drug-likeness (QED) is 0.653. The van der Waals surface area contributed by atoms with E-state index in [2.05, 4.69) is 4.98 Å². The molecule has 0 aliphatic carbocycles. The van der Waals surface area contributed by atoms with E-state index in [0.717, 1.165) is 10.7 Å². The van der Waals surface area contributed by atoms with E-state index >= 15 is 0 Å². The van der Waals surface area contributed by atoms with Gasteiger partial charge in [-0.1, -0.05) is 12.1 Å². The SMILES string of the molecule is Cc1cc(C)nc(SCCOc2ccccc2C(=O)O)c1. The average Bonchev–Trinajstić information content (AvgIpc) is 2.43. The fourth-order valence-corrected chi connectivity index (χ4v) is 2.80. The van der Waals surface area contributed by atoms with E-state index in [1.165, 1.54) is 11.6 Å². The molecule has 1 aromatic carbocycles. The molecule has 21 heavy (non-hydrogen) atoms. The van der Waals surface area contributed by atoms with Gasteiger partial charge < -0.3 is 9.84 Å². The Morgan fingerprint density at radius 3 is 2.76 bits per heavy atom. The minimum Gasteiger partial charge on any atom is -0.492 e. The number of aromatic nitrogens is 1. The topological polar surface area (TPSA) is 59.4 Å². The van der Waals surface area contributed by atoms with Gasteiger partial charge in [-0.15, -0.1) is 11.8 Å². The van der Waals surface area contributed by atoms with E-state index in [-0.39, 0.29) is 5.56 Å². The molecule has 1 aromatic heterocycles. The minimum atomic E-state index is -0.978. The van der Waals surface area contributed by atoms with Crippen LogP contribution in [0.25, 0.3) is 0 Å². The van der Waals surface area contributed by atoms with Crippen LogP contribution in [-0.4, -0.2) is 28.4 Å². The molecule has 5 heteroatoms. The Kier molecular flexibility index (Phi) is 5.22. The van der Waals surface area contributed by atoms with Crippen molar-refractivity contribution in [3.63, 3.8) is 0 Å². The fraction of sp³-hybridized carbons (Fsp3) is 0.250. The summed E-state index contributed by atoms with van der Waals surface area (Å²) in [5.74, 6) is 0.136. The van der Waals surface area contributed by atoms with Crippen molar-refractivity contribution in [1.29, 1.82) is 0 Å². The molecule has 0 aliphatic heterocycles. The van der Waals surface area contributed by atoms with E-state index in [9.17, 15) is 4.79 Å². The van der Waals surface area contributed by atoms with Crippen LogP contribution in [0.5, 0.6) is 5.75 Å². The molecular weight excluding hydrogens is 286 g/mol. The zero-order chi connectivity index (χ0) is 15.2. The van der Waals surface area contributed by atoms with Crippen molar-refractivity contribution >= 4 is 17.7 Å². The molecule has 0 unspecified atom stereocenters. The molecule has 2 rings (SSSR count). The first-order chi connectivity index (χ1) is 10.1. The summed E-state index contributed by atoms with van der Waals surface area (Å²) >= 11 is 1.60. The van der Waals surface area contributed by atoms with Crippen molar-refractivity contribution in [2.75, 3.05) is 12.4 Å². The first-order valence-electron chi connectivity index (χ1n) is 6.59. The number of thioether (sulfide) groups is 1. The molecule has 110 valence electrons. The Hall–Kier alpha value is -2.01. The van der Waals surface area contributed by atoms with Crippen molar-refractivity contribution < 1.29 is 14.6 Å². The summed E-state index contributed by atoms with van der Waals surface area (Å²) in [5.41, 5.74) is 2.36. The van der Waals surface area contributed by atoms with Crippen molar-refractivity contribution in [2.45, 2.75) is 18.9 Å². The molecule has 0 saturated carbocycles. The average molecular weight is 303 g/mol. The second-order valence-electron chi connectivity index (χ2n) is 4.62. The van der Waals surface area contributed by atoms with Gasteiger partial charge in [-0.2, -0.15) is 0 Å². The Bertz CT molecular complexity index is 623. The van der Waals surface area contributed by atoms with Crippen LogP contribution in [0.1, 0.15) is 21.6 Å². The number of carboxylic acids is 1. The highest BCUT2D eigenvalue weighted by atomic mass is 32.2. The van der Waals surface area contributed by atoms with Crippen LogP contribution >= 0.6 is 11.8 Å². The fourth-order valence-electron chi connectivity index (χ4n) is 1.95. The second kappa shape index (κ2) is 7.13. The van der Waals surface area contributed by atoms with Gasteiger partial charge in [0.05, 0.1) is 11.6 Å². The number of pyridine rings is 1. The predicted octanol–water partition coefficient (Wildman–Crippen LogP) is 3.57. The first kappa shape index (κ1) is 15.4. The number of rotatable bonds is 6. The van der Waals surface area contributed by atoms with Crippen LogP contribution in [0.2, 0.25) is 0 Å². The minimum absolute atomic E-state index is 0.187. The van der Waals surface area contributed by atoms with Gasteiger partial charge in [0.2, 0.25) is 0 Å². The number of aryl methyl sites for hydroxylation is 2. The van der Waals surface area contributed by atoms with Crippen LogP contribution in [0, 0.1) is 13.8 Å². The van der Waals surface area contributed by atoms with E-state index in [4.69, 9.17) is 9.84 Å². The monoisotopic (exact) mass is 303 g/mol. The maximum Gasteiger partial charge on any atom is 0.339 e. The molecule has 1 heterocycles. The molecule has 1 N–H and O–H groups in total. The maximum atomic E-state index is 11.1. The van der Waals surface area contributed by atoms with Crippen molar-refractivity contribution in [3.05, 3.63) is 53.2 Å². The summed E-state index contributed by atoms with van der Waals surface area (Å²) in [6, 6.07) is 10.7. The predicted molar refractivity (Wildman–Crippen MR) is 83.3 cm³/mol. The van der Waals surface area contributed by atoms with Gasteiger partial charge in [0, 0.05) is 11.4 Å². The van der Waals surface area contributed by atoms with Crippen molar-refractivity contribution in [2.24, 2.45) is 0 Å². The number of carboxylic acid groups (broad SMARTS) is 1. The van der Waals surface area contributed by atoms with Crippen molar-refractivity contribution in [3.8, 4) is 5.75 Å². The first-order valence-corrected chi connectivity index (χ1v) is 7.58. The van der Waals surface area contributed by atoms with Gasteiger partial charge in [-0.25, -0.2) is 9.78 Å². The lowest BCUT2D eigenvalue weighted by atomic mass is 10.2. The van der Waals surface area contributed by atoms with Crippen LogP contribution in [0.3, 0.4) is 0 Å². The molecule has 0 saturated heterocycles. The molecular formula is C16H17NO3S. The van der Waals surface area contributed by atoms with E-state index in [1.807, 2.05) is 26.0 Å². The van der Waals surface area contributed by atoms with Gasteiger partial charge in [0.25, 0.3) is 0 Å². The summed E-state index contributed by atoms with van der Waals surface area (Å²) in [6.07, 6.45) is 0. The number of aromatic carboxylic acids is 1. The Morgan fingerprint density at radius 1 is 1.29 bits per heavy atom.